The molecule has 0 saturated heterocycles. The molecule has 0 aliphatic heterocycles. The number of hydrogen-bond acceptors (Lipinski definition) is 3. The van der Waals surface area contributed by atoms with Gasteiger partial charge in [-0.1, -0.05) is 27.7 Å². The van der Waals surface area contributed by atoms with Crippen molar-refractivity contribution in [2.24, 2.45) is 11.8 Å². The first-order valence-corrected chi connectivity index (χ1v) is 8.03. The second kappa shape index (κ2) is 11.5. The van der Waals surface area contributed by atoms with Gasteiger partial charge in [-0.3, -0.25) is 9.59 Å². The molecular weight excluding hydrogens is 266 g/mol. The van der Waals surface area contributed by atoms with Gasteiger partial charge >= 0.3 is 0 Å². The lowest BCUT2D eigenvalue weighted by Crippen LogP contribution is -2.35. The summed E-state index contributed by atoms with van der Waals surface area (Å²) >= 11 is 0. The van der Waals surface area contributed by atoms with E-state index in [-0.39, 0.29) is 11.8 Å². The first-order valence-electron chi connectivity index (χ1n) is 8.03. The van der Waals surface area contributed by atoms with Crippen LogP contribution in [-0.4, -0.2) is 49.9 Å². The number of rotatable bonds is 11. The molecule has 0 heterocycles. The fourth-order valence-corrected chi connectivity index (χ4v) is 1.96. The zero-order chi connectivity index (χ0) is 16.3. The summed E-state index contributed by atoms with van der Waals surface area (Å²) in [6.07, 6.45) is 2.11. The van der Waals surface area contributed by atoms with Gasteiger partial charge in [-0.15, -0.1) is 0 Å². The van der Waals surface area contributed by atoms with Crippen molar-refractivity contribution in [3.05, 3.63) is 0 Å². The number of likely N-dealkylation sites (N-methyl/N-ethyl adjacent to an activating group) is 1. The number of nitrogens with zero attached hydrogens (tertiary/aromatic N) is 1. The molecule has 21 heavy (non-hydrogen) atoms. The Balaban J connectivity index is 3.52. The number of carbonyl (C=O) groups is 2. The molecule has 0 fully saturated rings. The van der Waals surface area contributed by atoms with Crippen molar-refractivity contribution < 1.29 is 9.59 Å². The minimum atomic E-state index is 0.124. The molecule has 0 radical (unpaired) electrons. The number of hydrogen-bond donors (Lipinski definition) is 2. The van der Waals surface area contributed by atoms with Gasteiger partial charge < -0.3 is 15.5 Å². The van der Waals surface area contributed by atoms with Crippen molar-refractivity contribution in [2.45, 2.75) is 47.0 Å². The molecule has 124 valence electrons. The van der Waals surface area contributed by atoms with Crippen molar-refractivity contribution in [3.8, 4) is 0 Å². The molecule has 2 N–H and O–H groups in total. The molecule has 0 aliphatic carbocycles. The topological polar surface area (TPSA) is 61.4 Å². The Morgan fingerprint density at radius 2 is 1.33 bits per heavy atom. The highest BCUT2D eigenvalue weighted by atomic mass is 16.2. The fraction of sp³-hybridized carbons (Fsp3) is 0.875. The highest BCUT2D eigenvalue weighted by Crippen LogP contribution is 1.98. The third-order valence-corrected chi connectivity index (χ3v) is 3.04. The van der Waals surface area contributed by atoms with Gasteiger partial charge in [-0.25, -0.2) is 0 Å². The summed E-state index contributed by atoms with van der Waals surface area (Å²) in [4.78, 5) is 25.1. The van der Waals surface area contributed by atoms with Crippen LogP contribution in [0.3, 0.4) is 0 Å². The van der Waals surface area contributed by atoms with Crippen LogP contribution in [0.15, 0.2) is 0 Å². The normalized spacial score (nSPS) is 11.2. The summed E-state index contributed by atoms with van der Waals surface area (Å²) in [5, 5.41) is 5.85. The Hall–Kier alpha value is -1.10. The molecule has 0 bridgehead atoms. The second-order valence-electron chi connectivity index (χ2n) is 6.55. The van der Waals surface area contributed by atoms with Crippen LogP contribution in [0.1, 0.15) is 47.0 Å². The van der Waals surface area contributed by atoms with Crippen molar-refractivity contribution in [3.63, 3.8) is 0 Å². The number of carbonyl (C=O) groups excluding carboxylic acids is 2. The van der Waals surface area contributed by atoms with Gasteiger partial charge in [0.1, 0.15) is 0 Å². The van der Waals surface area contributed by atoms with Crippen LogP contribution in [0, 0.1) is 11.8 Å². The monoisotopic (exact) mass is 299 g/mol. The Labute approximate surface area is 129 Å². The van der Waals surface area contributed by atoms with E-state index in [0.717, 1.165) is 26.1 Å². The van der Waals surface area contributed by atoms with Crippen LogP contribution in [0.25, 0.3) is 0 Å². The minimum Gasteiger partial charge on any atom is -0.356 e. The Morgan fingerprint density at radius 1 is 0.857 bits per heavy atom. The van der Waals surface area contributed by atoms with Crippen LogP contribution in [0.2, 0.25) is 0 Å². The number of nitrogens with one attached hydrogen (secondary N) is 2. The van der Waals surface area contributed by atoms with E-state index in [0.29, 0.717) is 31.2 Å². The van der Waals surface area contributed by atoms with E-state index < -0.39 is 0 Å². The van der Waals surface area contributed by atoms with Gasteiger partial charge in [0, 0.05) is 32.5 Å². The van der Waals surface area contributed by atoms with E-state index in [1.54, 1.807) is 0 Å². The maximum Gasteiger partial charge on any atom is 0.220 e. The van der Waals surface area contributed by atoms with Gasteiger partial charge in [0.25, 0.3) is 0 Å². The number of amides is 2. The standard InChI is InChI=1S/C16H33N3O2/c1-13(2)11-15(20)17-7-6-9-19(5)10-8-18-16(21)12-14(3)4/h13-14H,6-12H2,1-5H3,(H,17,20)(H,18,21). The molecule has 0 saturated carbocycles. The summed E-state index contributed by atoms with van der Waals surface area (Å²) in [7, 11) is 2.03. The van der Waals surface area contributed by atoms with Crippen molar-refractivity contribution in [1.29, 1.82) is 0 Å². The molecule has 2 amide bonds. The Bertz CT molecular complexity index is 304. The molecule has 0 spiro atoms. The van der Waals surface area contributed by atoms with Crippen molar-refractivity contribution in [2.75, 3.05) is 33.2 Å². The lowest BCUT2D eigenvalue weighted by Gasteiger charge is -2.17. The fourth-order valence-electron chi connectivity index (χ4n) is 1.96. The SMILES string of the molecule is CC(C)CC(=O)NCCCN(C)CCNC(=O)CC(C)C. The minimum absolute atomic E-state index is 0.124. The Kier molecular flexibility index (Phi) is 10.9. The van der Waals surface area contributed by atoms with E-state index in [4.69, 9.17) is 0 Å². The average Bonchev–Trinajstić information content (AvgIpc) is 2.32. The van der Waals surface area contributed by atoms with Crippen LogP contribution >= 0.6 is 0 Å². The summed E-state index contributed by atoms with van der Waals surface area (Å²) in [5.74, 6) is 1.06. The molecule has 5 heteroatoms. The first-order chi connectivity index (χ1) is 9.81. The molecule has 0 unspecified atom stereocenters. The first kappa shape index (κ1) is 19.9. The lowest BCUT2D eigenvalue weighted by atomic mass is 10.1. The summed E-state index contributed by atoms with van der Waals surface area (Å²) in [6.45, 7) is 11.3. The molecule has 0 aromatic carbocycles. The summed E-state index contributed by atoms with van der Waals surface area (Å²) in [6, 6.07) is 0. The maximum absolute atomic E-state index is 11.5. The smallest absolute Gasteiger partial charge is 0.220 e. The zero-order valence-electron chi connectivity index (χ0n) is 14.4. The maximum atomic E-state index is 11.5. The van der Waals surface area contributed by atoms with Gasteiger partial charge in [0.05, 0.1) is 0 Å². The summed E-state index contributed by atoms with van der Waals surface area (Å²) in [5.41, 5.74) is 0. The third-order valence-electron chi connectivity index (χ3n) is 3.04. The highest BCUT2D eigenvalue weighted by molar-refractivity contribution is 5.76. The molecule has 0 aliphatic rings. The van der Waals surface area contributed by atoms with Crippen LogP contribution in [0.4, 0.5) is 0 Å². The predicted molar refractivity (Wildman–Crippen MR) is 87.0 cm³/mol. The van der Waals surface area contributed by atoms with Crippen molar-refractivity contribution >= 4 is 11.8 Å². The van der Waals surface area contributed by atoms with E-state index >= 15 is 0 Å². The van der Waals surface area contributed by atoms with Gasteiger partial charge in [0.2, 0.25) is 11.8 Å². The van der Waals surface area contributed by atoms with E-state index in [9.17, 15) is 9.59 Å². The second-order valence-corrected chi connectivity index (χ2v) is 6.55. The van der Waals surface area contributed by atoms with E-state index in [1.807, 2.05) is 34.7 Å². The van der Waals surface area contributed by atoms with E-state index in [1.165, 1.54) is 0 Å². The van der Waals surface area contributed by atoms with Gasteiger partial charge in [-0.2, -0.15) is 0 Å². The van der Waals surface area contributed by atoms with Crippen LogP contribution < -0.4 is 10.6 Å². The van der Waals surface area contributed by atoms with E-state index in [2.05, 4.69) is 15.5 Å². The van der Waals surface area contributed by atoms with Crippen LogP contribution in [0.5, 0.6) is 0 Å². The molecule has 0 aromatic rings. The quantitative estimate of drug-likeness (QED) is 0.570. The summed E-state index contributed by atoms with van der Waals surface area (Å²) < 4.78 is 0. The molecule has 5 nitrogen and oxygen atoms in total. The molecular formula is C16H33N3O2. The molecule has 0 rings (SSSR count). The lowest BCUT2D eigenvalue weighted by molar-refractivity contribution is -0.122. The van der Waals surface area contributed by atoms with Gasteiger partial charge in [-0.05, 0) is 31.8 Å². The van der Waals surface area contributed by atoms with Gasteiger partial charge in [0.15, 0.2) is 0 Å². The largest absolute Gasteiger partial charge is 0.356 e. The zero-order valence-corrected chi connectivity index (χ0v) is 14.4. The average molecular weight is 299 g/mol. The Morgan fingerprint density at radius 3 is 1.81 bits per heavy atom. The van der Waals surface area contributed by atoms with Crippen LogP contribution in [-0.2, 0) is 9.59 Å². The highest BCUT2D eigenvalue weighted by Gasteiger charge is 2.06. The van der Waals surface area contributed by atoms with Crippen molar-refractivity contribution in [1.82, 2.24) is 15.5 Å². The third kappa shape index (κ3) is 13.6. The molecule has 0 atom stereocenters. The predicted octanol–water partition coefficient (Wildman–Crippen LogP) is 1.63. The molecule has 0 aromatic heterocycles.